The first-order valence-electron chi connectivity index (χ1n) is 8.66. The molecule has 0 radical (unpaired) electrons. The number of carbonyl (C=O) groups is 1. The number of hydrogen-bond acceptors (Lipinski definition) is 8. The minimum atomic E-state index is -0.769. The summed E-state index contributed by atoms with van der Waals surface area (Å²) in [6.07, 6.45) is -0.769. The van der Waals surface area contributed by atoms with Crippen molar-refractivity contribution in [2.75, 3.05) is 0 Å². The second-order valence-corrected chi connectivity index (χ2v) is 7.85. The molecule has 144 valence electrons. The molecule has 0 aliphatic carbocycles. The van der Waals surface area contributed by atoms with E-state index in [9.17, 15) is 9.59 Å². The van der Waals surface area contributed by atoms with E-state index in [0.717, 1.165) is 21.8 Å². The molecule has 28 heavy (non-hydrogen) atoms. The number of H-pyrrole nitrogens is 1. The number of rotatable bonds is 3. The Labute approximate surface area is 163 Å². The lowest BCUT2D eigenvalue weighted by Crippen LogP contribution is -2.18. The Hall–Kier alpha value is -3.14. The van der Waals surface area contributed by atoms with E-state index in [1.54, 1.807) is 6.92 Å². The van der Waals surface area contributed by atoms with E-state index in [0.29, 0.717) is 16.0 Å². The molecule has 0 aliphatic rings. The Morgan fingerprint density at radius 3 is 2.71 bits per heavy atom. The van der Waals surface area contributed by atoms with Crippen LogP contribution in [-0.2, 0) is 4.74 Å². The summed E-state index contributed by atoms with van der Waals surface area (Å²) in [5, 5.41) is 4.73. The highest BCUT2D eigenvalue weighted by molar-refractivity contribution is 7.18. The van der Waals surface area contributed by atoms with Crippen LogP contribution in [0.4, 0.5) is 0 Å². The zero-order valence-electron chi connectivity index (χ0n) is 16.0. The average Bonchev–Trinajstić information content (AvgIpc) is 3.16. The van der Waals surface area contributed by atoms with Gasteiger partial charge in [0.25, 0.3) is 17.2 Å². The van der Waals surface area contributed by atoms with Gasteiger partial charge in [-0.2, -0.15) is 4.98 Å². The highest BCUT2D eigenvalue weighted by atomic mass is 32.1. The lowest BCUT2D eigenvalue weighted by molar-refractivity contribution is 0.0306. The molecule has 10 heteroatoms. The van der Waals surface area contributed by atoms with Crippen LogP contribution in [0.15, 0.2) is 10.9 Å². The van der Waals surface area contributed by atoms with Crippen molar-refractivity contribution in [1.29, 1.82) is 0 Å². The predicted molar refractivity (Wildman–Crippen MR) is 104 cm³/mol. The van der Waals surface area contributed by atoms with Crippen LogP contribution in [0, 0.1) is 27.7 Å². The van der Waals surface area contributed by atoms with Gasteiger partial charge in [0.15, 0.2) is 11.9 Å². The number of ether oxygens (including phenoxy) is 1. The van der Waals surface area contributed by atoms with Gasteiger partial charge in [-0.15, -0.1) is 16.4 Å². The number of aromatic amines is 1. The van der Waals surface area contributed by atoms with Crippen LogP contribution in [0.1, 0.15) is 51.3 Å². The first-order valence-corrected chi connectivity index (χ1v) is 9.48. The van der Waals surface area contributed by atoms with Crippen LogP contribution in [0.3, 0.4) is 0 Å². The Kier molecular flexibility index (Phi) is 4.22. The molecule has 1 N–H and O–H groups in total. The summed E-state index contributed by atoms with van der Waals surface area (Å²) >= 11 is 1.44. The second-order valence-electron chi connectivity index (χ2n) is 6.65. The van der Waals surface area contributed by atoms with Gasteiger partial charge in [0.05, 0.1) is 5.39 Å². The molecule has 0 aromatic carbocycles. The van der Waals surface area contributed by atoms with Crippen molar-refractivity contribution in [3.8, 4) is 0 Å². The highest BCUT2D eigenvalue weighted by Crippen LogP contribution is 2.27. The number of nitrogens with one attached hydrogen (secondary N) is 1. The fourth-order valence-corrected chi connectivity index (χ4v) is 4.02. The molecular formula is C18H18N6O3S. The highest BCUT2D eigenvalue weighted by Gasteiger charge is 2.22. The molecule has 1 atom stereocenters. The summed E-state index contributed by atoms with van der Waals surface area (Å²) in [5.74, 6) is -0.203. The van der Waals surface area contributed by atoms with Crippen molar-refractivity contribution < 1.29 is 9.53 Å². The summed E-state index contributed by atoms with van der Waals surface area (Å²) in [7, 11) is 0. The Morgan fingerprint density at radius 1 is 1.21 bits per heavy atom. The first kappa shape index (κ1) is 18.2. The van der Waals surface area contributed by atoms with E-state index < -0.39 is 12.1 Å². The predicted octanol–water partition coefficient (Wildman–Crippen LogP) is 2.57. The van der Waals surface area contributed by atoms with Crippen molar-refractivity contribution >= 4 is 33.3 Å². The number of fused-ring (bicyclic) bond motifs is 2. The summed E-state index contributed by atoms with van der Waals surface area (Å²) in [4.78, 5) is 42.1. The Bertz CT molecular complexity index is 1300. The third-order valence-corrected chi connectivity index (χ3v) is 5.63. The fourth-order valence-electron chi connectivity index (χ4n) is 2.99. The quantitative estimate of drug-likeness (QED) is 0.527. The van der Waals surface area contributed by atoms with Gasteiger partial charge in [-0.1, -0.05) is 0 Å². The zero-order valence-corrected chi connectivity index (χ0v) is 16.8. The maximum atomic E-state index is 12.5. The SMILES string of the molecule is Cc1cc(C)n2nc(C(=O)OC(C)c3nc4sc(C)c(C)c4c(=O)[nH]3)nc2n1. The van der Waals surface area contributed by atoms with Crippen molar-refractivity contribution in [2.24, 2.45) is 0 Å². The van der Waals surface area contributed by atoms with Crippen LogP contribution in [0.25, 0.3) is 16.0 Å². The molecule has 4 rings (SSSR count). The molecule has 0 bridgehead atoms. The van der Waals surface area contributed by atoms with Crippen molar-refractivity contribution in [3.63, 3.8) is 0 Å². The van der Waals surface area contributed by atoms with Gasteiger partial charge in [-0.05, 0) is 46.2 Å². The van der Waals surface area contributed by atoms with Gasteiger partial charge in [0, 0.05) is 16.3 Å². The van der Waals surface area contributed by atoms with Crippen LogP contribution >= 0.6 is 11.3 Å². The molecule has 9 nitrogen and oxygen atoms in total. The number of esters is 1. The normalized spacial score (nSPS) is 12.6. The number of carbonyl (C=O) groups excluding carboxylic acids is 1. The smallest absolute Gasteiger partial charge is 0.379 e. The number of aryl methyl sites for hydroxylation is 4. The van der Waals surface area contributed by atoms with Gasteiger partial charge in [-0.3, -0.25) is 4.79 Å². The monoisotopic (exact) mass is 398 g/mol. The molecule has 4 aromatic rings. The van der Waals surface area contributed by atoms with E-state index in [1.165, 1.54) is 15.9 Å². The third-order valence-electron chi connectivity index (χ3n) is 4.53. The number of thiophene rings is 1. The molecule has 0 fully saturated rings. The number of aromatic nitrogens is 6. The lowest BCUT2D eigenvalue weighted by Gasteiger charge is -2.11. The van der Waals surface area contributed by atoms with Crippen molar-refractivity contribution in [2.45, 2.75) is 40.7 Å². The van der Waals surface area contributed by atoms with Crippen molar-refractivity contribution in [1.82, 2.24) is 29.5 Å². The van der Waals surface area contributed by atoms with E-state index in [4.69, 9.17) is 4.74 Å². The van der Waals surface area contributed by atoms with Gasteiger partial charge < -0.3 is 9.72 Å². The van der Waals surface area contributed by atoms with E-state index in [2.05, 4.69) is 25.0 Å². The van der Waals surface area contributed by atoms with Gasteiger partial charge in [0.1, 0.15) is 4.83 Å². The van der Waals surface area contributed by atoms with Crippen LogP contribution < -0.4 is 5.56 Å². The average molecular weight is 398 g/mol. The summed E-state index contributed by atoms with van der Waals surface area (Å²) < 4.78 is 6.91. The molecule has 4 aromatic heterocycles. The van der Waals surface area contributed by atoms with Gasteiger partial charge >= 0.3 is 5.97 Å². The number of nitrogens with zero attached hydrogens (tertiary/aromatic N) is 5. The van der Waals surface area contributed by atoms with Crippen LogP contribution in [0.5, 0.6) is 0 Å². The maximum Gasteiger partial charge on any atom is 0.379 e. The molecule has 0 saturated carbocycles. The Balaban J connectivity index is 1.64. The molecule has 0 amide bonds. The molecule has 4 heterocycles. The molecule has 0 spiro atoms. The standard InChI is InChI=1S/C18H18N6O3S/c1-7-6-8(2)24-18(19-7)22-14(23-24)17(26)27-10(4)13-20-15(25)12-9(3)11(5)28-16(12)21-13/h6,10H,1-5H3,(H,20,21,25). The van der Waals surface area contributed by atoms with Crippen LogP contribution in [0.2, 0.25) is 0 Å². The van der Waals surface area contributed by atoms with E-state index in [-0.39, 0.29) is 17.2 Å². The largest absolute Gasteiger partial charge is 0.449 e. The fraction of sp³-hybridized carbons (Fsp3) is 0.333. The van der Waals surface area contributed by atoms with Crippen molar-refractivity contribution in [3.05, 3.63) is 49.9 Å². The second kappa shape index (κ2) is 6.48. The van der Waals surface area contributed by atoms with Crippen LogP contribution in [-0.4, -0.2) is 35.5 Å². The Morgan fingerprint density at radius 2 is 1.96 bits per heavy atom. The topological polar surface area (TPSA) is 115 Å². The minimum absolute atomic E-state index is 0.0979. The molecule has 0 aliphatic heterocycles. The minimum Gasteiger partial charge on any atom is -0.449 e. The van der Waals surface area contributed by atoms with E-state index >= 15 is 0 Å². The summed E-state index contributed by atoms with van der Waals surface area (Å²) in [6.45, 7) is 9.16. The zero-order chi connectivity index (χ0) is 20.2. The maximum absolute atomic E-state index is 12.5. The molecule has 1 unspecified atom stereocenters. The summed E-state index contributed by atoms with van der Waals surface area (Å²) in [6, 6.07) is 1.84. The molecular weight excluding hydrogens is 380 g/mol. The first-order chi connectivity index (χ1) is 13.2. The summed E-state index contributed by atoms with van der Waals surface area (Å²) in [5.41, 5.74) is 2.26. The van der Waals surface area contributed by atoms with E-state index in [1.807, 2.05) is 33.8 Å². The van der Waals surface area contributed by atoms with Gasteiger partial charge in [-0.25, -0.2) is 19.3 Å². The lowest BCUT2D eigenvalue weighted by atomic mass is 10.2. The third kappa shape index (κ3) is 2.95. The van der Waals surface area contributed by atoms with Gasteiger partial charge in [0.2, 0.25) is 0 Å². The molecule has 0 saturated heterocycles. The number of hydrogen-bond donors (Lipinski definition) is 1.